The summed E-state index contributed by atoms with van der Waals surface area (Å²) in [4.78, 5) is 54.4. The molecule has 3 heterocycles. The van der Waals surface area contributed by atoms with E-state index in [0.29, 0.717) is 69.3 Å². The van der Waals surface area contributed by atoms with E-state index in [0.717, 1.165) is 31.2 Å². The quantitative estimate of drug-likeness (QED) is 0.399. The number of likely N-dealkylation sites (tertiary alicyclic amines) is 2. The maximum absolute atomic E-state index is 13.3. The largest absolute Gasteiger partial charge is 0.469 e. The number of ether oxygens (including phenoxy) is 4. The van der Waals surface area contributed by atoms with E-state index in [-0.39, 0.29) is 49.1 Å². The number of fused-ring (bicyclic) bond motifs is 1. The van der Waals surface area contributed by atoms with Crippen molar-refractivity contribution in [3.63, 3.8) is 0 Å². The second-order valence-electron chi connectivity index (χ2n) is 12.8. The Hall–Kier alpha value is -3.50. The lowest BCUT2D eigenvalue weighted by Crippen LogP contribution is -2.48. The molecule has 11 heteroatoms. The summed E-state index contributed by atoms with van der Waals surface area (Å²) in [6.07, 6.45) is 5.38. The van der Waals surface area contributed by atoms with Gasteiger partial charge in [-0.1, -0.05) is 6.07 Å². The molecule has 0 saturated carbocycles. The average Bonchev–Trinajstić information content (AvgIpc) is 3.46. The zero-order valence-electron chi connectivity index (χ0n) is 26.0. The van der Waals surface area contributed by atoms with E-state index in [1.807, 2.05) is 43.9 Å². The highest BCUT2D eigenvalue weighted by Crippen LogP contribution is 2.33. The zero-order chi connectivity index (χ0) is 31.0. The fraction of sp³-hybridized carbons (Fsp3) is 0.688. The van der Waals surface area contributed by atoms with Gasteiger partial charge >= 0.3 is 12.1 Å². The number of methoxy groups -OCH3 is 1. The van der Waals surface area contributed by atoms with Gasteiger partial charge in [0.15, 0.2) is 11.5 Å². The third kappa shape index (κ3) is 9.76. The molecule has 0 radical (unpaired) electrons. The minimum absolute atomic E-state index is 0.0704. The molecule has 0 spiro atoms. The lowest BCUT2D eigenvalue weighted by Gasteiger charge is -2.35. The van der Waals surface area contributed by atoms with Crippen LogP contribution in [0, 0.1) is 11.8 Å². The smallest absolute Gasteiger partial charge is 0.410 e. The molecule has 2 fully saturated rings. The molecule has 3 amide bonds. The number of hydrogen-bond donors (Lipinski definition) is 1. The van der Waals surface area contributed by atoms with Gasteiger partial charge in [-0.25, -0.2) is 4.79 Å². The molecule has 1 unspecified atom stereocenters. The third-order valence-corrected chi connectivity index (χ3v) is 8.38. The first kappa shape index (κ1) is 32.4. The first-order valence-corrected chi connectivity index (χ1v) is 15.5. The van der Waals surface area contributed by atoms with Crippen LogP contribution in [0.2, 0.25) is 0 Å². The number of esters is 1. The number of hydrogen-bond acceptors (Lipinski definition) is 8. The summed E-state index contributed by atoms with van der Waals surface area (Å²) in [7, 11) is 1.34. The molecule has 238 valence electrons. The van der Waals surface area contributed by atoms with Crippen molar-refractivity contribution in [2.24, 2.45) is 11.8 Å². The molecule has 0 aromatic heterocycles. The number of benzene rings is 1. The van der Waals surface area contributed by atoms with Crippen molar-refractivity contribution >= 4 is 23.9 Å². The van der Waals surface area contributed by atoms with Crippen LogP contribution in [0.4, 0.5) is 4.79 Å². The van der Waals surface area contributed by atoms with E-state index in [1.165, 1.54) is 7.11 Å². The van der Waals surface area contributed by atoms with E-state index in [4.69, 9.17) is 18.9 Å². The van der Waals surface area contributed by atoms with Crippen molar-refractivity contribution in [2.75, 3.05) is 40.1 Å². The summed E-state index contributed by atoms with van der Waals surface area (Å²) >= 11 is 0. The molecular weight excluding hydrogens is 554 g/mol. The van der Waals surface area contributed by atoms with Gasteiger partial charge in [0.25, 0.3) is 0 Å². The molecular formula is C32H47N3O8. The van der Waals surface area contributed by atoms with Gasteiger partial charge in [-0.3, -0.25) is 14.4 Å². The van der Waals surface area contributed by atoms with Crippen LogP contribution in [-0.4, -0.2) is 85.4 Å². The van der Waals surface area contributed by atoms with Crippen molar-refractivity contribution in [1.29, 1.82) is 0 Å². The second-order valence-corrected chi connectivity index (χ2v) is 12.8. The van der Waals surface area contributed by atoms with Gasteiger partial charge < -0.3 is 34.1 Å². The molecule has 2 saturated heterocycles. The summed E-state index contributed by atoms with van der Waals surface area (Å²) in [6, 6.07) is 5.36. The molecule has 1 aromatic rings. The summed E-state index contributed by atoms with van der Waals surface area (Å²) < 4.78 is 21.2. The minimum atomic E-state index is -0.514. The van der Waals surface area contributed by atoms with E-state index in [9.17, 15) is 19.2 Å². The molecule has 0 aliphatic carbocycles. The highest BCUT2D eigenvalue weighted by atomic mass is 16.7. The minimum Gasteiger partial charge on any atom is -0.469 e. The number of piperidine rings is 2. The number of carbonyl (C=O) groups excluding carboxylic acids is 4. The summed E-state index contributed by atoms with van der Waals surface area (Å²) in [5, 5.41) is 3.07. The highest BCUT2D eigenvalue weighted by molar-refractivity contribution is 5.82. The fourth-order valence-electron chi connectivity index (χ4n) is 5.90. The van der Waals surface area contributed by atoms with Crippen molar-refractivity contribution < 1.29 is 38.1 Å². The SMILES string of the molecule is COC(=O)CC(CCc1ccc2c(c1)OCO2)NC(=O)[C@@H]1CCCN(C(=O)CCC2CCN(C(=O)OC(C)(C)C)CC2)C1. The van der Waals surface area contributed by atoms with Gasteiger partial charge in [-0.2, -0.15) is 0 Å². The Bertz CT molecular complexity index is 1140. The monoisotopic (exact) mass is 601 g/mol. The normalized spacial score (nSPS) is 19.5. The van der Waals surface area contributed by atoms with Gasteiger partial charge in [0.1, 0.15) is 5.60 Å². The van der Waals surface area contributed by atoms with Crippen LogP contribution in [-0.2, 0) is 30.3 Å². The molecule has 0 bridgehead atoms. The molecule has 11 nitrogen and oxygen atoms in total. The van der Waals surface area contributed by atoms with Crippen molar-refractivity contribution in [1.82, 2.24) is 15.1 Å². The number of amides is 3. The maximum Gasteiger partial charge on any atom is 0.410 e. The van der Waals surface area contributed by atoms with E-state index < -0.39 is 5.60 Å². The van der Waals surface area contributed by atoms with Gasteiger partial charge in [-0.05, 0) is 89.3 Å². The maximum atomic E-state index is 13.3. The van der Waals surface area contributed by atoms with Crippen LogP contribution >= 0.6 is 0 Å². The summed E-state index contributed by atoms with van der Waals surface area (Å²) in [5.74, 6) is 1.03. The number of carbonyl (C=O) groups is 4. The second kappa shape index (κ2) is 14.8. The molecule has 4 rings (SSSR count). The van der Waals surface area contributed by atoms with Gasteiger partial charge in [0, 0.05) is 38.6 Å². The van der Waals surface area contributed by atoms with Crippen LogP contribution < -0.4 is 14.8 Å². The van der Waals surface area contributed by atoms with Crippen LogP contribution in [0.5, 0.6) is 11.5 Å². The van der Waals surface area contributed by atoms with Crippen LogP contribution in [0.3, 0.4) is 0 Å². The Morgan fingerprint density at radius 3 is 2.49 bits per heavy atom. The van der Waals surface area contributed by atoms with Crippen molar-refractivity contribution in [3.05, 3.63) is 23.8 Å². The number of rotatable bonds is 10. The van der Waals surface area contributed by atoms with E-state index in [1.54, 1.807) is 4.90 Å². The predicted molar refractivity (Wildman–Crippen MR) is 159 cm³/mol. The zero-order valence-corrected chi connectivity index (χ0v) is 26.0. The van der Waals surface area contributed by atoms with E-state index >= 15 is 0 Å². The molecule has 43 heavy (non-hydrogen) atoms. The fourth-order valence-corrected chi connectivity index (χ4v) is 5.90. The van der Waals surface area contributed by atoms with Crippen LogP contribution in [0.25, 0.3) is 0 Å². The Balaban J connectivity index is 1.22. The predicted octanol–water partition coefficient (Wildman–Crippen LogP) is 4.06. The van der Waals surface area contributed by atoms with Crippen molar-refractivity contribution in [2.45, 2.75) is 90.2 Å². The Kier molecular flexibility index (Phi) is 11.2. The molecule has 1 aromatic carbocycles. The lowest BCUT2D eigenvalue weighted by molar-refractivity contribution is -0.141. The number of nitrogens with one attached hydrogen (secondary N) is 1. The van der Waals surface area contributed by atoms with Gasteiger partial charge in [0.2, 0.25) is 18.6 Å². The standard InChI is InChI=1S/C32H47N3O8/c1-32(2,3)43-31(39)34-16-13-22(14-17-34)9-12-28(36)35-15-5-6-24(20-35)30(38)33-25(19-29(37)40-4)10-7-23-8-11-26-27(18-23)42-21-41-26/h8,11,18,22,24-25H,5-7,9-10,12-17,19-21H2,1-4H3,(H,33,38)/t24-,25?/m1/s1. The number of nitrogens with zero attached hydrogens (tertiary/aromatic N) is 2. The summed E-state index contributed by atoms with van der Waals surface area (Å²) in [6.45, 7) is 8.10. The highest BCUT2D eigenvalue weighted by Gasteiger charge is 2.31. The van der Waals surface area contributed by atoms with Crippen molar-refractivity contribution in [3.8, 4) is 11.5 Å². The number of aryl methyl sites for hydroxylation is 1. The Morgan fingerprint density at radius 2 is 1.77 bits per heavy atom. The average molecular weight is 602 g/mol. The summed E-state index contributed by atoms with van der Waals surface area (Å²) in [5.41, 5.74) is 0.512. The molecule has 2 atom stereocenters. The van der Waals surface area contributed by atoms with Gasteiger partial charge in [-0.15, -0.1) is 0 Å². The molecule has 1 N–H and O–H groups in total. The third-order valence-electron chi connectivity index (χ3n) is 8.38. The Labute approximate surface area is 254 Å². The lowest BCUT2D eigenvalue weighted by atomic mass is 9.91. The van der Waals surface area contributed by atoms with Crippen LogP contribution in [0.15, 0.2) is 18.2 Å². The topological polar surface area (TPSA) is 124 Å². The Morgan fingerprint density at radius 1 is 1.02 bits per heavy atom. The molecule has 3 aliphatic heterocycles. The van der Waals surface area contributed by atoms with Gasteiger partial charge in [0.05, 0.1) is 19.4 Å². The first-order chi connectivity index (χ1) is 20.5. The van der Waals surface area contributed by atoms with E-state index in [2.05, 4.69) is 5.32 Å². The molecule has 3 aliphatic rings. The first-order valence-electron chi connectivity index (χ1n) is 15.5. The van der Waals surface area contributed by atoms with Crippen LogP contribution in [0.1, 0.15) is 77.7 Å².